The molecule has 4 rings (SSSR count). The van der Waals surface area contributed by atoms with Gasteiger partial charge in [-0.05, 0) is 69.7 Å². The molecule has 0 spiro atoms. The minimum Gasteiger partial charge on any atom is -0.474 e. The number of aromatic nitrogens is 3. The molecule has 3 N–H and O–H groups in total. The Hall–Kier alpha value is -3.31. The van der Waals surface area contributed by atoms with Crippen LogP contribution in [-0.2, 0) is 26.5 Å². The number of carbonyl (C=O) groups is 1. The highest BCUT2D eigenvalue weighted by Crippen LogP contribution is 2.35. The van der Waals surface area contributed by atoms with Gasteiger partial charge in [0.15, 0.2) is 0 Å². The van der Waals surface area contributed by atoms with Crippen LogP contribution in [0.1, 0.15) is 75.5 Å². The van der Waals surface area contributed by atoms with Gasteiger partial charge >= 0.3 is 5.97 Å². The van der Waals surface area contributed by atoms with E-state index < -0.39 is 21.0 Å². The van der Waals surface area contributed by atoms with Gasteiger partial charge in [0.2, 0.25) is 5.88 Å². The maximum Gasteiger partial charge on any atom is 0.340 e. The molecule has 0 unspecified atom stereocenters. The average Bonchev–Trinajstić information content (AvgIpc) is 2.81. The van der Waals surface area contributed by atoms with E-state index in [0.717, 1.165) is 23.8 Å². The fourth-order valence-electron chi connectivity index (χ4n) is 4.78. The van der Waals surface area contributed by atoms with Gasteiger partial charge in [0.25, 0.3) is 0 Å². The Labute approximate surface area is 229 Å². The molecule has 10 nitrogen and oxygen atoms in total. The standard InChI is InChI=1S/C28H37N5O5S/c1-7-11-28(5,29)21-16-31-25(37-17(2)10-12-39(6,35)36)20-15-30-24(13-19(20)21)33-23-9-8-18-22(32-23)14-27(3,4)38-26(18)34/h8-9,13,15-17H,7,10-12,14,29H2,1-6H3,(H,30,32,33)/t17-,28+/m1/s1. The number of anilines is 2. The number of nitrogens with two attached hydrogens (primary N) is 1. The number of nitrogens with one attached hydrogen (secondary N) is 1. The van der Waals surface area contributed by atoms with Crippen LogP contribution in [0.15, 0.2) is 30.6 Å². The van der Waals surface area contributed by atoms with E-state index in [9.17, 15) is 13.2 Å². The number of hydrogen-bond acceptors (Lipinski definition) is 10. The van der Waals surface area contributed by atoms with Crippen molar-refractivity contribution in [1.29, 1.82) is 0 Å². The van der Waals surface area contributed by atoms with E-state index in [1.807, 2.05) is 33.8 Å². The van der Waals surface area contributed by atoms with Gasteiger partial charge in [-0.15, -0.1) is 0 Å². The molecular formula is C28H37N5O5S. The Kier molecular flexibility index (Phi) is 7.86. The fraction of sp³-hybridized carbons (Fsp3) is 0.500. The molecule has 0 amide bonds. The van der Waals surface area contributed by atoms with Crippen molar-refractivity contribution in [2.24, 2.45) is 5.73 Å². The van der Waals surface area contributed by atoms with Gasteiger partial charge < -0.3 is 20.5 Å². The summed E-state index contributed by atoms with van der Waals surface area (Å²) in [5.41, 5.74) is 7.45. The largest absolute Gasteiger partial charge is 0.474 e. The molecule has 0 saturated carbocycles. The second-order valence-corrected chi connectivity index (χ2v) is 13.5. The number of ether oxygens (including phenoxy) is 2. The van der Waals surface area contributed by atoms with Crippen LogP contribution in [0.5, 0.6) is 5.88 Å². The van der Waals surface area contributed by atoms with Crippen molar-refractivity contribution in [3.63, 3.8) is 0 Å². The lowest BCUT2D eigenvalue weighted by atomic mass is 9.87. The minimum atomic E-state index is -3.11. The highest BCUT2D eigenvalue weighted by molar-refractivity contribution is 7.90. The number of sulfone groups is 1. The smallest absolute Gasteiger partial charge is 0.340 e. The zero-order valence-electron chi connectivity index (χ0n) is 23.4. The van der Waals surface area contributed by atoms with Crippen LogP contribution in [0.3, 0.4) is 0 Å². The first-order valence-corrected chi connectivity index (χ1v) is 15.2. The van der Waals surface area contributed by atoms with Crippen molar-refractivity contribution in [2.75, 3.05) is 17.3 Å². The van der Waals surface area contributed by atoms with E-state index in [1.165, 1.54) is 6.26 Å². The summed E-state index contributed by atoms with van der Waals surface area (Å²) in [4.78, 5) is 26.2. The zero-order valence-corrected chi connectivity index (χ0v) is 24.2. The molecule has 0 radical (unpaired) electrons. The number of pyridine rings is 3. The summed E-state index contributed by atoms with van der Waals surface area (Å²) >= 11 is 0. The maximum atomic E-state index is 12.3. The Morgan fingerprint density at radius 2 is 1.95 bits per heavy atom. The van der Waals surface area contributed by atoms with Crippen LogP contribution in [0.4, 0.5) is 11.6 Å². The van der Waals surface area contributed by atoms with E-state index in [0.29, 0.717) is 47.0 Å². The molecule has 0 fully saturated rings. The lowest BCUT2D eigenvalue weighted by Crippen LogP contribution is -2.36. The Balaban J connectivity index is 1.70. The van der Waals surface area contributed by atoms with Gasteiger partial charge in [-0.25, -0.2) is 28.2 Å². The summed E-state index contributed by atoms with van der Waals surface area (Å²) in [5, 5.41) is 4.76. The number of carbonyl (C=O) groups excluding carboxylic acids is 1. The van der Waals surface area contributed by atoms with Gasteiger partial charge in [-0.3, -0.25) is 0 Å². The van der Waals surface area contributed by atoms with Crippen LogP contribution in [0, 0.1) is 0 Å². The molecule has 11 heteroatoms. The highest BCUT2D eigenvalue weighted by Gasteiger charge is 2.33. The fourth-order valence-corrected chi connectivity index (χ4v) is 5.54. The highest BCUT2D eigenvalue weighted by atomic mass is 32.2. The van der Waals surface area contributed by atoms with Crippen molar-refractivity contribution in [3.05, 3.63) is 47.4 Å². The molecule has 0 aliphatic carbocycles. The zero-order chi connectivity index (χ0) is 28.6. The van der Waals surface area contributed by atoms with Crippen LogP contribution in [-0.4, -0.2) is 53.1 Å². The van der Waals surface area contributed by atoms with Gasteiger partial charge in [-0.2, -0.15) is 0 Å². The second kappa shape index (κ2) is 10.7. The number of rotatable bonds is 10. The monoisotopic (exact) mass is 555 g/mol. The number of hydrogen-bond donors (Lipinski definition) is 2. The van der Waals surface area contributed by atoms with Gasteiger partial charge in [0.05, 0.1) is 28.5 Å². The predicted octanol–water partition coefficient (Wildman–Crippen LogP) is 4.44. The average molecular weight is 556 g/mol. The van der Waals surface area contributed by atoms with Crippen molar-refractivity contribution >= 4 is 38.2 Å². The van der Waals surface area contributed by atoms with Crippen molar-refractivity contribution in [1.82, 2.24) is 15.0 Å². The lowest BCUT2D eigenvalue weighted by Gasteiger charge is -2.30. The second-order valence-electron chi connectivity index (χ2n) is 11.2. The summed E-state index contributed by atoms with van der Waals surface area (Å²) in [7, 11) is -3.11. The Bertz CT molecular complexity index is 1500. The predicted molar refractivity (Wildman–Crippen MR) is 151 cm³/mol. The van der Waals surface area contributed by atoms with Crippen molar-refractivity contribution < 1.29 is 22.7 Å². The quantitative estimate of drug-likeness (QED) is 0.344. The molecule has 0 aromatic carbocycles. The first-order valence-electron chi connectivity index (χ1n) is 13.1. The van der Waals surface area contributed by atoms with E-state index in [2.05, 4.69) is 27.2 Å². The topological polar surface area (TPSA) is 146 Å². The van der Waals surface area contributed by atoms with Crippen LogP contribution in [0.2, 0.25) is 0 Å². The van der Waals surface area contributed by atoms with E-state index in [1.54, 1.807) is 24.5 Å². The molecule has 3 aromatic rings. The first-order chi connectivity index (χ1) is 18.2. The summed E-state index contributed by atoms with van der Waals surface area (Å²) < 4.78 is 34.7. The first kappa shape index (κ1) is 28.7. The van der Waals surface area contributed by atoms with Gasteiger partial charge in [-0.1, -0.05) is 13.3 Å². The van der Waals surface area contributed by atoms with Crippen LogP contribution < -0.4 is 15.8 Å². The molecule has 1 aliphatic rings. The Morgan fingerprint density at radius 1 is 1.21 bits per heavy atom. The third-order valence-electron chi connectivity index (χ3n) is 6.74. The summed E-state index contributed by atoms with van der Waals surface area (Å²) in [5.74, 6) is 1.11. The molecule has 4 heterocycles. The van der Waals surface area contributed by atoms with Crippen LogP contribution >= 0.6 is 0 Å². The molecule has 0 saturated heterocycles. The summed E-state index contributed by atoms with van der Waals surface area (Å²) in [6.07, 6.45) is 6.73. The molecular weight excluding hydrogens is 518 g/mol. The summed E-state index contributed by atoms with van der Waals surface area (Å²) in [6, 6.07) is 5.32. The molecule has 1 aliphatic heterocycles. The number of nitrogens with zero attached hydrogens (tertiary/aromatic N) is 3. The maximum absolute atomic E-state index is 12.3. The third kappa shape index (κ3) is 6.83. The van der Waals surface area contributed by atoms with Crippen molar-refractivity contribution in [3.8, 4) is 5.88 Å². The van der Waals surface area contributed by atoms with Crippen LogP contribution in [0.25, 0.3) is 10.8 Å². The van der Waals surface area contributed by atoms with E-state index in [4.69, 9.17) is 15.2 Å². The molecule has 39 heavy (non-hydrogen) atoms. The molecule has 3 aromatic heterocycles. The van der Waals surface area contributed by atoms with Gasteiger partial charge in [0.1, 0.15) is 27.1 Å². The number of esters is 1. The van der Waals surface area contributed by atoms with Crippen molar-refractivity contribution in [2.45, 2.75) is 77.5 Å². The normalized spacial score (nSPS) is 17.2. The van der Waals surface area contributed by atoms with E-state index in [-0.39, 0.29) is 17.8 Å². The number of cyclic esters (lactones) is 1. The Morgan fingerprint density at radius 3 is 2.64 bits per heavy atom. The molecule has 2 atom stereocenters. The SMILES string of the molecule is CCC[C@](C)(N)c1cnc(O[C@H](C)CCS(C)(=O)=O)c2cnc(Nc3ccc4c(n3)CC(C)(C)OC4=O)cc12. The lowest BCUT2D eigenvalue weighted by molar-refractivity contribution is -0.00714. The molecule has 0 bridgehead atoms. The van der Waals surface area contributed by atoms with Gasteiger partial charge in [0, 0.05) is 30.6 Å². The van der Waals surface area contributed by atoms with E-state index >= 15 is 0 Å². The summed E-state index contributed by atoms with van der Waals surface area (Å²) in [6.45, 7) is 9.59. The third-order valence-corrected chi connectivity index (χ3v) is 7.72. The molecule has 210 valence electrons. The minimum absolute atomic E-state index is 0.0244. The number of fused-ring (bicyclic) bond motifs is 2.